The molecule has 1 aromatic rings. The first-order chi connectivity index (χ1) is 8.80. The zero-order valence-electron chi connectivity index (χ0n) is 11.2. The summed E-state index contributed by atoms with van der Waals surface area (Å²) in [6, 6.07) is 8.55. The van der Waals surface area contributed by atoms with Crippen molar-refractivity contribution in [2.24, 2.45) is 0 Å². The average molecular weight is 281 g/mol. The van der Waals surface area contributed by atoms with E-state index in [1.54, 1.807) is 32.9 Å². The number of alkyl carbamates (subject to hydrolysis) is 1. The molecule has 0 fully saturated rings. The normalized spacial score (nSPS) is 12.4. The number of nitrogens with one attached hydrogen (secondary N) is 1. The van der Waals surface area contributed by atoms with E-state index in [9.17, 15) is 4.79 Å². The molecule has 0 aliphatic carbocycles. The third kappa shape index (κ3) is 6.12. The molecule has 0 radical (unpaired) electrons. The van der Waals surface area contributed by atoms with Crippen LogP contribution in [0.15, 0.2) is 24.3 Å². The minimum Gasteiger partial charge on any atom is -0.444 e. The maximum absolute atomic E-state index is 11.6. The molecule has 0 heterocycles. The lowest BCUT2D eigenvalue weighted by Gasteiger charge is -2.21. The second-order valence-corrected chi connectivity index (χ2v) is 5.59. The molecule has 1 rings (SSSR count). The number of carbonyl (C=O) groups excluding carboxylic acids is 1. The molecule has 5 heteroatoms. The summed E-state index contributed by atoms with van der Waals surface area (Å²) in [5.41, 5.74) is 0.344. The fourth-order valence-electron chi connectivity index (χ4n) is 1.43. The van der Waals surface area contributed by atoms with Crippen LogP contribution < -0.4 is 5.32 Å². The van der Waals surface area contributed by atoms with Crippen LogP contribution >= 0.6 is 11.6 Å². The summed E-state index contributed by atoms with van der Waals surface area (Å²) in [5.74, 6) is 0. The second kappa shape index (κ2) is 6.44. The Morgan fingerprint density at radius 2 is 2.00 bits per heavy atom. The Labute approximate surface area is 118 Å². The van der Waals surface area contributed by atoms with Gasteiger partial charge in [-0.1, -0.05) is 23.7 Å². The molecule has 0 aromatic heterocycles. The van der Waals surface area contributed by atoms with E-state index < -0.39 is 17.7 Å². The van der Waals surface area contributed by atoms with Gasteiger partial charge in [-0.3, -0.25) is 0 Å². The van der Waals surface area contributed by atoms with Gasteiger partial charge in [-0.15, -0.1) is 0 Å². The molecule has 102 valence electrons. The zero-order chi connectivity index (χ0) is 14.5. The van der Waals surface area contributed by atoms with Crippen LogP contribution in [0.4, 0.5) is 4.79 Å². The Morgan fingerprint density at radius 1 is 1.42 bits per heavy atom. The van der Waals surface area contributed by atoms with Crippen LogP contribution in [0.5, 0.6) is 0 Å². The molecule has 0 aliphatic rings. The third-order valence-electron chi connectivity index (χ3n) is 2.20. The van der Waals surface area contributed by atoms with Gasteiger partial charge in [-0.05, 0) is 38.5 Å². The number of rotatable bonds is 3. The summed E-state index contributed by atoms with van der Waals surface area (Å²) in [7, 11) is 0. The molecular weight excluding hydrogens is 264 g/mol. The molecule has 0 aliphatic heterocycles. The van der Waals surface area contributed by atoms with Crippen molar-refractivity contribution in [1.82, 2.24) is 5.32 Å². The number of ether oxygens (including phenoxy) is 1. The number of benzene rings is 1. The van der Waals surface area contributed by atoms with Crippen LogP contribution in [0, 0.1) is 11.3 Å². The molecule has 1 amide bonds. The van der Waals surface area contributed by atoms with Crippen molar-refractivity contribution in [1.29, 1.82) is 5.26 Å². The van der Waals surface area contributed by atoms with E-state index >= 15 is 0 Å². The Bertz CT molecular complexity index is 472. The smallest absolute Gasteiger partial charge is 0.408 e. The van der Waals surface area contributed by atoms with Gasteiger partial charge in [0.2, 0.25) is 0 Å². The SMILES string of the molecule is CC(C)(C)OC(=O)N[C@H](C#N)Cc1ccc(Cl)cc1. The van der Waals surface area contributed by atoms with Crippen LogP contribution in [0.3, 0.4) is 0 Å². The van der Waals surface area contributed by atoms with Gasteiger partial charge in [-0.2, -0.15) is 5.26 Å². The predicted octanol–water partition coefficient (Wildman–Crippen LogP) is 3.30. The van der Waals surface area contributed by atoms with Crippen molar-refractivity contribution < 1.29 is 9.53 Å². The first kappa shape index (κ1) is 15.3. The largest absolute Gasteiger partial charge is 0.444 e. The van der Waals surface area contributed by atoms with E-state index in [0.717, 1.165) is 5.56 Å². The quantitative estimate of drug-likeness (QED) is 0.924. The van der Waals surface area contributed by atoms with Gasteiger partial charge in [-0.25, -0.2) is 4.79 Å². The molecule has 0 spiro atoms. The molecule has 1 atom stereocenters. The van der Waals surface area contributed by atoms with E-state index in [4.69, 9.17) is 21.6 Å². The number of nitriles is 1. The third-order valence-corrected chi connectivity index (χ3v) is 2.45. The van der Waals surface area contributed by atoms with Crippen LogP contribution in [-0.4, -0.2) is 17.7 Å². The van der Waals surface area contributed by atoms with Crippen molar-refractivity contribution in [2.75, 3.05) is 0 Å². The Kier molecular flexibility index (Phi) is 5.20. The van der Waals surface area contributed by atoms with E-state index in [1.165, 1.54) is 0 Å². The number of carbonyl (C=O) groups is 1. The first-order valence-corrected chi connectivity index (χ1v) is 6.31. The summed E-state index contributed by atoms with van der Waals surface area (Å²) >= 11 is 5.78. The molecule has 4 nitrogen and oxygen atoms in total. The second-order valence-electron chi connectivity index (χ2n) is 5.16. The lowest BCUT2D eigenvalue weighted by molar-refractivity contribution is 0.0516. The topological polar surface area (TPSA) is 62.1 Å². The fourth-order valence-corrected chi connectivity index (χ4v) is 1.56. The molecule has 1 N–H and O–H groups in total. The molecule has 0 saturated carbocycles. The minimum absolute atomic E-state index is 0.410. The molecule has 0 unspecified atom stereocenters. The lowest BCUT2D eigenvalue weighted by atomic mass is 10.1. The highest BCUT2D eigenvalue weighted by atomic mass is 35.5. The van der Waals surface area contributed by atoms with E-state index in [0.29, 0.717) is 11.4 Å². The molecular formula is C14H17ClN2O2. The maximum Gasteiger partial charge on any atom is 0.408 e. The average Bonchev–Trinajstić information content (AvgIpc) is 2.28. The first-order valence-electron chi connectivity index (χ1n) is 5.94. The maximum atomic E-state index is 11.6. The highest BCUT2D eigenvalue weighted by Gasteiger charge is 2.19. The summed E-state index contributed by atoms with van der Waals surface area (Å²) in [6.07, 6.45) is -0.180. The van der Waals surface area contributed by atoms with Crippen LogP contribution in [0.1, 0.15) is 26.3 Å². The van der Waals surface area contributed by atoms with Crippen molar-refractivity contribution in [2.45, 2.75) is 38.8 Å². The van der Waals surface area contributed by atoms with Gasteiger partial charge >= 0.3 is 6.09 Å². The number of hydrogen-bond acceptors (Lipinski definition) is 3. The lowest BCUT2D eigenvalue weighted by Crippen LogP contribution is -2.39. The van der Waals surface area contributed by atoms with Gasteiger partial charge in [0.25, 0.3) is 0 Å². The summed E-state index contributed by atoms with van der Waals surface area (Å²) < 4.78 is 5.10. The Hall–Kier alpha value is -1.73. The van der Waals surface area contributed by atoms with Crippen molar-refractivity contribution >= 4 is 17.7 Å². The van der Waals surface area contributed by atoms with Gasteiger partial charge in [0.15, 0.2) is 0 Å². The summed E-state index contributed by atoms with van der Waals surface area (Å²) in [6.45, 7) is 5.31. The number of halogens is 1. The molecule has 0 bridgehead atoms. The van der Waals surface area contributed by atoms with Crippen molar-refractivity contribution in [3.05, 3.63) is 34.9 Å². The van der Waals surface area contributed by atoms with E-state index in [-0.39, 0.29) is 0 Å². The Balaban J connectivity index is 2.57. The van der Waals surface area contributed by atoms with Gasteiger partial charge in [0, 0.05) is 11.4 Å². The molecule has 19 heavy (non-hydrogen) atoms. The van der Waals surface area contributed by atoms with Crippen LogP contribution in [0.25, 0.3) is 0 Å². The number of amides is 1. The van der Waals surface area contributed by atoms with Gasteiger partial charge < -0.3 is 10.1 Å². The van der Waals surface area contributed by atoms with Crippen molar-refractivity contribution in [3.8, 4) is 6.07 Å². The Morgan fingerprint density at radius 3 is 2.47 bits per heavy atom. The van der Waals surface area contributed by atoms with Crippen molar-refractivity contribution in [3.63, 3.8) is 0 Å². The predicted molar refractivity (Wildman–Crippen MR) is 73.9 cm³/mol. The van der Waals surface area contributed by atoms with Crippen LogP contribution in [-0.2, 0) is 11.2 Å². The highest BCUT2D eigenvalue weighted by Crippen LogP contribution is 2.11. The van der Waals surface area contributed by atoms with Gasteiger partial charge in [0.05, 0.1) is 6.07 Å². The number of hydrogen-bond donors (Lipinski definition) is 1. The monoisotopic (exact) mass is 280 g/mol. The van der Waals surface area contributed by atoms with Crippen LogP contribution in [0.2, 0.25) is 5.02 Å². The highest BCUT2D eigenvalue weighted by molar-refractivity contribution is 6.30. The number of nitrogens with zero attached hydrogens (tertiary/aromatic N) is 1. The standard InChI is InChI=1S/C14H17ClN2O2/c1-14(2,3)19-13(18)17-12(9-16)8-10-4-6-11(15)7-5-10/h4-7,12H,8H2,1-3H3,(H,17,18)/t12-/m0/s1. The molecule has 0 saturated heterocycles. The van der Waals surface area contributed by atoms with E-state index in [1.807, 2.05) is 18.2 Å². The molecule has 1 aromatic carbocycles. The zero-order valence-corrected chi connectivity index (χ0v) is 12.0. The summed E-state index contributed by atoms with van der Waals surface area (Å²) in [5, 5.41) is 12.2. The minimum atomic E-state index is -0.629. The fraction of sp³-hybridized carbons (Fsp3) is 0.429. The van der Waals surface area contributed by atoms with Gasteiger partial charge in [0.1, 0.15) is 11.6 Å². The van der Waals surface area contributed by atoms with E-state index in [2.05, 4.69) is 5.32 Å². The summed E-state index contributed by atoms with van der Waals surface area (Å²) in [4.78, 5) is 11.6.